The van der Waals surface area contributed by atoms with E-state index in [1.807, 2.05) is 0 Å². The molecule has 2 atom stereocenters. The summed E-state index contributed by atoms with van der Waals surface area (Å²) in [6.45, 7) is 4.34. The van der Waals surface area contributed by atoms with Gasteiger partial charge in [-0.3, -0.25) is 0 Å². The lowest BCUT2D eigenvalue weighted by molar-refractivity contribution is 0.264. The molecule has 2 nitrogen and oxygen atoms in total. The van der Waals surface area contributed by atoms with Crippen molar-refractivity contribution in [1.29, 1.82) is 0 Å². The summed E-state index contributed by atoms with van der Waals surface area (Å²) in [7, 11) is 0. The van der Waals surface area contributed by atoms with Gasteiger partial charge < -0.3 is 10.1 Å². The smallest absolute Gasteiger partial charge is 0.127 e. The zero-order valence-electron chi connectivity index (χ0n) is 11.2. The maximum Gasteiger partial charge on any atom is 0.127 e. The zero-order chi connectivity index (χ0) is 12.4. The third-order valence-corrected chi connectivity index (χ3v) is 4.43. The highest BCUT2D eigenvalue weighted by Crippen LogP contribution is 2.37. The molecule has 1 fully saturated rings. The fourth-order valence-electron chi connectivity index (χ4n) is 3.29. The summed E-state index contributed by atoms with van der Waals surface area (Å²) in [6.07, 6.45) is 6.21. The van der Waals surface area contributed by atoms with Gasteiger partial charge in [0, 0.05) is 11.6 Å². The maximum atomic E-state index is 5.94. The van der Waals surface area contributed by atoms with Gasteiger partial charge >= 0.3 is 0 Å². The van der Waals surface area contributed by atoms with Crippen LogP contribution in [0.15, 0.2) is 18.2 Å². The summed E-state index contributed by atoms with van der Waals surface area (Å²) in [5.74, 6) is 2.05. The van der Waals surface area contributed by atoms with E-state index in [1.165, 1.54) is 42.6 Å². The normalized spacial score (nSPS) is 27.4. The van der Waals surface area contributed by atoms with E-state index in [-0.39, 0.29) is 0 Å². The Kier molecular flexibility index (Phi) is 3.55. The summed E-state index contributed by atoms with van der Waals surface area (Å²) >= 11 is 0. The van der Waals surface area contributed by atoms with E-state index < -0.39 is 0 Å². The number of benzene rings is 1. The van der Waals surface area contributed by atoms with Crippen molar-refractivity contribution in [3.8, 4) is 5.75 Å². The molecule has 0 spiro atoms. The second kappa shape index (κ2) is 5.31. The van der Waals surface area contributed by atoms with Gasteiger partial charge in [0.1, 0.15) is 5.75 Å². The van der Waals surface area contributed by atoms with Crippen molar-refractivity contribution in [1.82, 2.24) is 5.32 Å². The molecule has 2 heterocycles. The lowest BCUT2D eigenvalue weighted by atomic mass is 9.86. The first-order valence-corrected chi connectivity index (χ1v) is 7.36. The first-order chi connectivity index (χ1) is 8.88. The Bertz CT molecular complexity index is 416. The van der Waals surface area contributed by atoms with E-state index >= 15 is 0 Å². The van der Waals surface area contributed by atoms with Crippen LogP contribution in [0.4, 0.5) is 0 Å². The quantitative estimate of drug-likeness (QED) is 0.861. The van der Waals surface area contributed by atoms with Crippen LogP contribution in [0.3, 0.4) is 0 Å². The third kappa shape index (κ3) is 2.26. The Morgan fingerprint density at radius 2 is 2.33 bits per heavy atom. The van der Waals surface area contributed by atoms with E-state index in [0.717, 1.165) is 25.5 Å². The molecule has 1 aromatic carbocycles. The molecular weight excluding hydrogens is 222 g/mol. The molecule has 0 bridgehead atoms. The van der Waals surface area contributed by atoms with Gasteiger partial charge in [0.05, 0.1) is 6.61 Å². The molecule has 2 aliphatic heterocycles. The topological polar surface area (TPSA) is 21.3 Å². The van der Waals surface area contributed by atoms with Gasteiger partial charge in [-0.05, 0) is 43.7 Å². The number of para-hydroxylation sites is 1. The van der Waals surface area contributed by atoms with Gasteiger partial charge in [-0.25, -0.2) is 0 Å². The van der Waals surface area contributed by atoms with Crippen LogP contribution in [0.25, 0.3) is 0 Å². The average Bonchev–Trinajstić information content (AvgIpc) is 2.47. The largest absolute Gasteiger partial charge is 0.493 e. The average molecular weight is 245 g/mol. The highest BCUT2D eigenvalue weighted by atomic mass is 16.5. The van der Waals surface area contributed by atoms with Crippen molar-refractivity contribution in [3.05, 3.63) is 29.3 Å². The van der Waals surface area contributed by atoms with Gasteiger partial charge in [0.25, 0.3) is 0 Å². The molecule has 98 valence electrons. The molecule has 3 rings (SSSR count). The molecule has 18 heavy (non-hydrogen) atoms. The minimum atomic E-state index is 0.497. The van der Waals surface area contributed by atoms with Crippen LogP contribution in [0.5, 0.6) is 5.75 Å². The highest BCUT2D eigenvalue weighted by molar-refractivity contribution is 5.44. The van der Waals surface area contributed by atoms with Crippen LogP contribution in [0, 0.1) is 5.92 Å². The SMILES string of the molecule is CCC1CCNC(c2cccc3c2OCCC3)C1. The Morgan fingerprint density at radius 3 is 3.22 bits per heavy atom. The highest BCUT2D eigenvalue weighted by Gasteiger charge is 2.25. The number of ether oxygens (including phenoxy) is 1. The first-order valence-electron chi connectivity index (χ1n) is 7.36. The van der Waals surface area contributed by atoms with Crippen LogP contribution in [0.2, 0.25) is 0 Å². The van der Waals surface area contributed by atoms with Gasteiger partial charge in [-0.2, -0.15) is 0 Å². The van der Waals surface area contributed by atoms with E-state index in [1.54, 1.807) is 0 Å². The predicted octanol–water partition coefficient (Wildman–Crippen LogP) is 3.46. The van der Waals surface area contributed by atoms with Crippen molar-refractivity contribution >= 4 is 0 Å². The Hall–Kier alpha value is -1.02. The molecule has 2 aliphatic rings. The fraction of sp³-hybridized carbons (Fsp3) is 0.625. The van der Waals surface area contributed by atoms with Crippen molar-refractivity contribution in [2.45, 2.75) is 45.1 Å². The summed E-state index contributed by atoms with van der Waals surface area (Å²) in [4.78, 5) is 0. The molecular formula is C16H23NO. The molecule has 1 N–H and O–H groups in total. The number of piperidine rings is 1. The standard InChI is InChI=1S/C16H23NO/c1-2-12-8-9-17-15(11-12)14-7-3-5-13-6-4-10-18-16(13)14/h3,5,7,12,15,17H,2,4,6,8-11H2,1H3. The summed E-state index contributed by atoms with van der Waals surface area (Å²) in [5, 5.41) is 3.67. The molecule has 2 unspecified atom stereocenters. The minimum Gasteiger partial charge on any atom is -0.493 e. The Balaban J connectivity index is 1.87. The molecule has 1 aromatic rings. The van der Waals surface area contributed by atoms with Crippen LogP contribution in [-0.2, 0) is 6.42 Å². The number of hydrogen-bond acceptors (Lipinski definition) is 2. The summed E-state index contributed by atoms with van der Waals surface area (Å²) in [5.41, 5.74) is 2.80. The predicted molar refractivity (Wildman–Crippen MR) is 74.0 cm³/mol. The fourth-order valence-corrected chi connectivity index (χ4v) is 3.29. The third-order valence-electron chi connectivity index (χ3n) is 4.43. The minimum absolute atomic E-state index is 0.497. The van der Waals surface area contributed by atoms with Crippen LogP contribution in [0.1, 0.15) is 49.8 Å². The van der Waals surface area contributed by atoms with E-state index in [4.69, 9.17) is 4.74 Å². The van der Waals surface area contributed by atoms with Gasteiger partial charge in [-0.15, -0.1) is 0 Å². The van der Waals surface area contributed by atoms with E-state index in [0.29, 0.717) is 6.04 Å². The van der Waals surface area contributed by atoms with Crippen LogP contribution < -0.4 is 10.1 Å². The molecule has 0 radical (unpaired) electrons. The van der Waals surface area contributed by atoms with Gasteiger partial charge in [0.2, 0.25) is 0 Å². The number of nitrogens with one attached hydrogen (secondary N) is 1. The lowest BCUT2D eigenvalue weighted by Crippen LogP contribution is -2.32. The van der Waals surface area contributed by atoms with Crippen molar-refractivity contribution < 1.29 is 4.74 Å². The molecule has 0 aromatic heterocycles. The molecule has 0 aliphatic carbocycles. The molecule has 2 heteroatoms. The van der Waals surface area contributed by atoms with Gasteiger partial charge in [-0.1, -0.05) is 31.5 Å². The summed E-state index contributed by atoms with van der Waals surface area (Å²) in [6, 6.07) is 7.16. The second-order valence-electron chi connectivity index (χ2n) is 5.59. The van der Waals surface area contributed by atoms with E-state index in [2.05, 4.69) is 30.4 Å². The number of rotatable bonds is 2. The van der Waals surface area contributed by atoms with Crippen molar-refractivity contribution in [3.63, 3.8) is 0 Å². The molecule has 1 saturated heterocycles. The molecule has 0 amide bonds. The maximum absolute atomic E-state index is 5.94. The monoisotopic (exact) mass is 245 g/mol. The Labute approximate surface area is 110 Å². The molecule has 0 saturated carbocycles. The van der Waals surface area contributed by atoms with Crippen LogP contribution >= 0.6 is 0 Å². The lowest BCUT2D eigenvalue weighted by Gasteiger charge is -2.32. The number of fused-ring (bicyclic) bond motifs is 1. The van der Waals surface area contributed by atoms with Gasteiger partial charge in [0.15, 0.2) is 0 Å². The first kappa shape index (κ1) is 12.0. The number of aryl methyl sites for hydroxylation is 1. The number of hydrogen-bond donors (Lipinski definition) is 1. The Morgan fingerprint density at radius 1 is 1.39 bits per heavy atom. The summed E-state index contributed by atoms with van der Waals surface area (Å²) < 4.78 is 5.94. The van der Waals surface area contributed by atoms with Crippen molar-refractivity contribution in [2.24, 2.45) is 5.92 Å². The van der Waals surface area contributed by atoms with Crippen molar-refractivity contribution in [2.75, 3.05) is 13.2 Å². The van der Waals surface area contributed by atoms with Crippen LogP contribution in [-0.4, -0.2) is 13.2 Å². The zero-order valence-corrected chi connectivity index (χ0v) is 11.2. The van der Waals surface area contributed by atoms with E-state index in [9.17, 15) is 0 Å². The second-order valence-corrected chi connectivity index (χ2v) is 5.59.